The summed E-state index contributed by atoms with van der Waals surface area (Å²) in [6, 6.07) is 12.0. The molecule has 1 fully saturated rings. The van der Waals surface area contributed by atoms with Crippen molar-refractivity contribution in [3.8, 4) is 0 Å². The molecule has 0 aliphatic carbocycles. The van der Waals surface area contributed by atoms with Crippen molar-refractivity contribution in [2.45, 2.75) is 12.6 Å². The molecule has 1 saturated heterocycles. The second-order valence-electron chi connectivity index (χ2n) is 7.08. The van der Waals surface area contributed by atoms with E-state index in [-0.39, 0.29) is 6.10 Å². The Hall–Kier alpha value is -1.37. The van der Waals surface area contributed by atoms with E-state index in [0.717, 1.165) is 38.5 Å². The number of benzene rings is 1. The highest BCUT2D eigenvalue weighted by Crippen LogP contribution is 2.26. The lowest BCUT2D eigenvalue weighted by Crippen LogP contribution is -2.50. The molecule has 7 heteroatoms. The fourth-order valence-corrected chi connectivity index (χ4v) is 3.96. The van der Waals surface area contributed by atoms with Gasteiger partial charge < -0.3 is 10.0 Å². The third kappa shape index (κ3) is 6.06. The lowest BCUT2D eigenvalue weighted by Gasteiger charge is -2.37. The smallest absolute Gasteiger partial charge is 0.147 e. The fourth-order valence-electron chi connectivity index (χ4n) is 3.46. The Kier molecular flexibility index (Phi) is 7.33. The molecule has 1 atom stereocenters. The fraction of sp³-hybridized carbons (Fsp3) is 0.450. The molecular formula is C20H26Cl2N4O. The van der Waals surface area contributed by atoms with Crippen LogP contribution >= 0.6 is 23.2 Å². The van der Waals surface area contributed by atoms with Crippen molar-refractivity contribution in [3.05, 3.63) is 58.2 Å². The van der Waals surface area contributed by atoms with Crippen LogP contribution in [0.5, 0.6) is 0 Å². The summed E-state index contributed by atoms with van der Waals surface area (Å²) in [6.07, 6.45) is 1.25. The van der Waals surface area contributed by atoms with Crippen LogP contribution in [0.3, 0.4) is 0 Å². The molecule has 0 bridgehead atoms. The number of anilines is 1. The van der Waals surface area contributed by atoms with Gasteiger partial charge in [0.25, 0.3) is 0 Å². The molecule has 0 radical (unpaired) electrons. The molecule has 3 rings (SSSR count). The van der Waals surface area contributed by atoms with Crippen molar-refractivity contribution >= 4 is 29.0 Å². The van der Waals surface area contributed by atoms with Gasteiger partial charge in [0.05, 0.1) is 16.1 Å². The first-order chi connectivity index (χ1) is 13.0. The summed E-state index contributed by atoms with van der Waals surface area (Å²) in [7, 11) is 2.04. The Morgan fingerprint density at radius 2 is 1.85 bits per heavy atom. The number of halogens is 2. The number of likely N-dealkylation sites (N-methyl/N-ethyl adjacent to an activating group) is 1. The zero-order valence-corrected chi connectivity index (χ0v) is 17.1. The van der Waals surface area contributed by atoms with E-state index in [0.29, 0.717) is 23.1 Å². The first kappa shape index (κ1) is 20.4. The minimum atomic E-state index is -0.373. The second-order valence-corrected chi connectivity index (χ2v) is 7.93. The van der Waals surface area contributed by atoms with Crippen molar-refractivity contribution in [1.82, 2.24) is 14.8 Å². The molecule has 2 heterocycles. The highest BCUT2D eigenvalue weighted by Gasteiger charge is 2.22. The molecule has 146 valence electrons. The molecule has 1 aliphatic heterocycles. The Morgan fingerprint density at radius 3 is 2.52 bits per heavy atom. The van der Waals surface area contributed by atoms with E-state index < -0.39 is 0 Å². The summed E-state index contributed by atoms with van der Waals surface area (Å²) in [4.78, 5) is 11.0. The first-order valence-electron chi connectivity index (χ1n) is 9.20. The van der Waals surface area contributed by atoms with Gasteiger partial charge in [-0.2, -0.15) is 0 Å². The molecular weight excluding hydrogens is 383 g/mol. The molecule has 0 spiro atoms. The third-order valence-electron chi connectivity index (χ3n) is 4.75. The maximum Gasteiger partial charge on any atom is 0.147 e. The van der Waals surface area contributed by atoms with E-state index in [1.54, 1.807) is 12.3 Å². The summed E-state index contributed by atoms with van der Waals surface area (Å²) in [5.74, 6) is 0.781. The summed E-state index contributed by atoms with van der Waals surface area (Å²) in [5.41, 5.74) is 1.26. The first-order valence-corrected chi connectivity index (χ1v) is 9.96. The van der Waals surface area contributed by atoms with Crippen molar-refractivity contribution in [2.75, 3.05) is 51.2 Å². The number of hydrogen-bond donors (Lipinski definition) is 1. The zero-order chi connectivity index (χ0) is 19.2. The number of pyridine rings is 1. The Labute approximate surface area is 171 Å². The minimum Gasteiger partial charge on any atom is -0.390 e. The monoisotopic (exact) mass is 408 g/mol. The van der Waals surface area contributed by atoms with Crippen LogP contribution in [-0.4, -0.2) is 72.3 Å². The van der Waals surface area contributed by atoms with Gasteiger partial charge in [0.1, 0.15) is 5.82 Å². The number of piperazine rings is 1. The van der Waals surface area contributed by atoms with E-state index in [1.165, 1.54) is 5.56 Å². The normalized spacial score (nSPS) is 16.7. The third-order valence-corrected chi connectivity index (χ3v) is 5.23. The molecule has 1 aromatic heterocycles. The van der Waals surface area contributed by atoms with Crippen LogP contribution in [-0.2, 0) is 6.54 Å². The largest absolute Gasteiger partial charge is 0.390 e. The molecule has 1 N–H and O–H groups in total. The van der Waals surface area contributed by atoms with Gasteiger partial charge in [-0.1, -0.05) is 53.5 Å². The van der Waals surface area contributed by atoms with Gasteiger partial charge >= 0.3 is 0 Å². The number of nitrogens with zero attached hydrogens (tertiary/aromatic N) is 4. The Balaban J connectivity index is 1.43. The van der Waals surface area contributed by atoms with Gasteiger partial charge in [0.2, 0.25) is 0 Å². The quantitative estimate of drug-likeness (QED) is 0.762. The van der Waals surface area contributed by atoms with Gasteiger partial charge in [-0.15, -0.1) is 0 Å². The molecule has 27 heavy (non-hydrogen) atoms. The van der Waals surface area contributed by atoms with Crippen molar-refractivity contribution in [1.29, 1.82) is 0 Å². The highest BCUT2D eigenvalue weighted by atomic mass is 35.5. The highest BCUT2D eigenvalue weighted by molar-refractivity contribution is 6.36. The Morgan fingerprint density at radius 1 is 1.15 bits per heavy atom. The number of rotatable bonds is 7. The van der Waals surface area contributed by atoms with E-state index in [4.69, 9.17) is 23.2 Å². The number of aliphatic hydroxyl groups excluding tert-OH is 1. The number of hydrogen-bond acceptors (Lipinski definition) is 5. The van der Waals surface area contributed by atoms with Crippen molar-refractivity contribution < 1.29 is 5.11 Å². The topological polar surface area (TPSA) is 42.8 Å². The summed E-state index contributed by atoms with van der Waals surface area (Å²) < 4.78 is 0. The average molecular weight is 409 g/mol. The van der Waals surface area contributed by atoms with Crippen LogP contribution in [0.4, 0.5) is 5.82 Å². The molecule has 2 aromatic rings. The van der Waals surface area contributed by atoms with Crippen molar-refractivity contribution in [2.24, 2.45) is 0 Å². The predicted octanol–water partition coefficient (Wildman–Crippen LogP) is 3.00. The molecule has 1 unspecified atom stereocenters. The lowest BCUT2D eigenvalue weighted by atomic mass is 10.2. The number of aromatic nitrogens is 1. The van der Waals surface area contributed by atoms with Crippen LogP contribution in [0.15, 0.2) is 42.6 Å². The maximum atomic E-state index is 10.5. The standard InChI is InChI=1S/C20H26Cl2N4O/c1-24(13-16-5-3-2-4-6-16)14-18(27)15-25-7-9-26(10-8-25)20-19(22)11-17(21)12-23-20/h2-6,11-12,18,27H,7-10,13-15H2,1H3. The second kappa shape index (κ2) is 9.71. The van der Waals surface area contributed by atoms with E-state index in [9.17, 15) is 5.11 Å². The summed E-state index contributed by atoms with van der Waals surface area (Å²) in [5, 5.41) is 11.6. The van der Waals surface area contributed by atoms with Crippen LogP contribution in [0.2, 0.25) is 10.0 Å². The predicted molar refractivity (Wildman–Crippen MR) is 112 cm³/mol. The van der Waals surface area contributed by atoms with Crippen LogP contribution in [0.1, 0.15) is 5.56 Å². The van der Waals surface area contributed by atoms with Gasteiger partial charge in [0, 0.05) is 52.0 Å². The minimum absolute atomic E-state index is 0.373. The molecule has 1 aliphatic rings. The van der Waals surface area contributed by atoms with Gasteiger partial charge in [-0.05, 0) is 18.7 Å². The SMILES string of the molecule is CN(Cc1ccccc1)CC(O)CN1CCN(c2ncc(Cl)cc2Cl)CC1. The van der Waals surface area contributed by atoms with E-state index in [1.807, 2.05) is 25.2 Å². The summed E-state index contributed by atoms with van der Waals surface area (Å²) in [6.45, 7) is 5.59. The van der Waals surface area contributed by atoms with Crippen molar-refractivity contribution in [3.63, 3.8) is 0 Å². The maximum absolute atomic E-state index is 10.5. The average Bonchev–Trinajstić information content (AvgIpc) is 2.63. The van der Waals surface area contributed by atoms with Crippen LogP contribution in [0, 0.1) is 0 Å². The zero-order valence-electron chi connectivity index (χ0n) is 15.6. The summed E-state index contributed by atoms with van der Waals surface area (Å²) >= 11 is 12.2. The van der Waals surface area contributed by atoms with Gasteiger partial charge in [-0.25, -0.2) is 4.98 Å². The van der Waals surface area contributed by atoms with Crippen LogP contribution in [0.25, 0.3) is 0 Å². The molecule has 0 amide bonds. The number of aliphatic hydroxyl groups is 1. The lowest BCUT2D eigenvalue weighted by molar-refractivity contribution is 0.0776. The van der Waals surface area contributed by atoms with Gasteiger partial charge in [-0.3, -0.25) is 9.80 Å². The number of β-amino-alcohol motifs (C(OH)–C–C–N with tert-alkyl or cyclic N) is 1. The van der Waals surface area contributed by atoms with E-state index >= 15 is 0 Å². The van der Waals surface area contributed by atoms with Crippen LogP contribution < -0.4 is 4.90 Å². The van der Waals surface area contributed by atoms with E-state index in [2.05, 4.69) is 31.8 Å². The Bertz CT molecular complexity index is 723. The van der Waals surface area contributed by atoms with Gasteiger partial charge in [0.15, 0.2) is 0 Å². The molecule has 1 aromatic carbocycles. The molecule has 5 nitrogen and oxygen atoms in total. The molecule has 0 saturated carbocycles.